The molecule has 0 aliphatic rings. The van der Waals surface area contributed by atoms with Crippen molar-refractivity contribution < 1.29 is 9.72 Å². The third-order valence-electron chi connectivity index (χ3n) is 3.01. The van der Waals surface area contributed by atoms with Gasteiger partial charge in [-0.15, -0.1) is 0 Å². The standard InChI is InChI=1S/C15H15BrN4O3/c1-15(2,3)14(21)19-12-10(13-17-5-4-6-18-13)7-9(16)8-11(12)20(22)23/h4-8H,1-3H3,(H,19,21). The van der Waals surface area contributed by atoms with Crippen LogP contribution in [0, 0.1) is 15.5 Å². The number of carbonyl (C=O) groups excluding carboxylic acids is 1. The van der Waals surface area contributed by atoms with E-state index >= 15 is 0 Å². The van der Waals surface area contributed by atoms with Crippen molar-refractivity contribution in [2.45, 2.75) is 20.8 Å². The van der Waals surface area contributed by atoms with Crippen LogP contribution < -0.4 is 5.32 Å². The molecule has 0 aliphatic heterocycles. The number of nitrogens with one attached hydrogen (secondary N) is 1. The van der Waals surface area contributed by atoms with E-state index in [0.29, 0.717) is 15.9 Å². The Morgan fingerprint density at radius 3 is 2.39 bits per heavy atom. The number of nitro groups is 1. The highest BCUT2D eigenvalue weighted by Gasteiger charge is 2.28. The maximum atomic E-state index is 12.3. The van der Waals surface area contributed by atoms with E-state index in [2.05, 4.69) is 31.2 Å². The number of anilines is 1. The molecule has 0 radical (unpaired) electrons. The minimum Gasteiger partial charge on any atom is -0.319 e. The Labute approximate surface area is 141 Å². The Hall–Kier alpha value is -2.35. The Morgan fingerprint density at radius 2 is 1.87 bits per heavy atom. The summed E-state index contributed by atoms with van der Waals surface area (Å²) in [5.41, 5.74) is -0.455. The zero-order valence-electron chi connectivity index (χ0n) is 12.8. The highest BCUT2D eigenvalue weighted by molar-refractivity contribution is 9.10. The van der Waals surface area contributed by atoms with Crippen molar-refractivity contribution in [3.8, 4) is 11.4 Å². The van der Waals surface area contributed by atoms with Crippen LogP contribution in [0.15, 0.2) is 35.1 Å². The number of halogens is 1. The predicted molar refractivity (Wildman–Crippen MR) is 89.9 cm³/mol. The molecule has 0 spiro atoms. The number of hydrogen-bond acceptors (Lipinski definition) is 5. The van der Waals surface area contributed by atoms with Crippen molar-refractivity contribution in [3.05, 3.63) is 45.2 Å². The highest BCUT2D eigenvalue weighted by atomic mass is 79.9. The highest BCUT2D eigenvalue weighted by Crippen LogP contribution is 2.38. The van der Waals surface area contributed by atoms with Crippen molar-refractivity contribution in [1.29, 1.82) is 0 Å². The van der Waals surface area contributed by atoms with E-state index in [4.69, 9.17) is 0 Å². The van der Waals surface area contributed by atoms with Gasteiger partial charge in [0.25, 0.3) is 5.69 Å². The Morgan fingerprint density at radius 1 is 1.26 bits per heavy atom. The molecule has 1 aromatic carbocycles. The molecule has 0 saturated heterocycles. The van der Waals surface area contributed by atoms with Gasteiger partial charge in [0.2, 0.25) is 5.91 Å². The summed E-state index contributed by atoms with van der Waals surface area (Å²) in [5, 5.41) is 14.0. The zero-order valence-corrected chi connectivity index (χ0v) is 14.4. The van der Waals surface area contributed by atoms with Crippen molar-refractivity contribution in [2.24, 2.45) is 5.41 Å². The monoisotopic (exact) mass is 378 g/mol. The summed E-state index contributed by atoms with van der Waals surface area (Å²) in [5.74, 6) is -0.0405. The third-order valence-corrected chi connectivity index (χ3v) is 3.46. The smallest absolute Gasteiger partial charge is 0.294 e. The maximum Gasteiger partial charge on any atom is 0.294 e. The Kier molecular flexibility index (Phi) is 4.74. The van der Waals surface area contributed by atoms with E-state index in [1.807, 2.05) is 0 Å². The van der Waals surface area contributed by atoms with Crippen LogP contribution in [0.25, 0.3) is 11.4 Å². The summed E-state index contributed by atoms with van der Waals surface area (Å²) >= 11 is 3.25. The lowest BCUT2D eigenvalue weighted by Crippen LogP contribution is -2.28. The molecule has 0 unspecified atom stereocenters. The minimum absolute atomic E-state index is 0.0873. The summed E-state index contributed by atoms with van der Waals surface area (Å²) in [4.78, 5) is 31.4. The van der Waals surface area contributed by atoms with Gasteiger partial charge in [0, 0.05) is 28.3 Å². The molecule has 1 N–H and O–H groups in total. The first-order valence-electron chi connectivity index (χ1n) is 6.77. The van der Waals surface area contributed by atoms with Gasteiger partial charge < -0.3 is 5.32 Å². The number of nitrogens with zero attached hydrogens (tertiary/aromatic N) is 3. The topological polar surface area (TPSA) is 98.0 Å². The average Bonchev–Trinajstić information content (AvgIpc) is 2.48. The lowest BCUT2D eigenvalue weighted by Gasteiger charge is -2.19. The van der Waals surface area contributed by atoms with Crippen LogP contribution in [0.2, 0.25) is 0 Å². The largest absolute Gasteiger partial charge is 0.319 e. The van der Waals surface area contributed by atoms with Gasteiger partial charge in [-0.2, -0.15) is 0 Å². The van der Waals surface area contributed by atoms with Gasteiger partial charge in [0.15, 0.2) is 5.82 Å². The normalized spacial score (nSPS) is 11.1. The Bertz CT molecular complexity index is 757. The summed E-state index contributed by atoms with van der Waals surface area (Å²) in [6.07, 6.45) is 3.06. The molecular formula is C15H15BrN4O3. The van der Waals surface area contributed by atoms with E-state index in [1.54, 1.807) is 32.9 Å². The van der Waals surface area contributed by atoms with Gasteiger partial charge in [0.1, 0.15) is 5.69 Å². The minimum atomic E-state index is -0.699. The average molecular weight is 379 g/mol. The molecule has 1 heterocycles. The molecule has 23 heavy (non-hydrogen) atoms. The van der Waals surface area contributed by atoms with Crippen LogP contribution in [0.1, 0.15) is 20.8 Å². The van der Waals surface area contributed by atoms with E-state index in [0.717, 1.165) is 0 Å². The van der Waals surface area contributed by atoms with Crippen molar-refractivity contribution in [1.82, 2.24) is 9.97 Å². The van der Waals surface area contributed by atoms with E-state index in [-0.39, 0.29) is 17.3 Å². The van der Waals surface area contributed by atoms with E-state index in [1.165, 1.54) is 18.5 Å². The Balaban J connectivity index is 2.66. The molecule has 0 atom stereocenters. The number of benzene rings is 1. The van der Waals surface area contributed by atoms with Crippen LogP contribution in [0.4, 0.5) is 11.4 Å². The second-order valence-electron chi connectivity index (χ2n) is 5.88. The summed E-state index contributed by atoms with van der Waals surface area (Å²) < 4.78 is 0.500. The molecular weight excluding hydrogens is 364 g/mol. The number of rotatable bonds is 3. The van der Waals surface area contributed by atoms with Crippen LogP contribution in [0.5, 0.6) is 0 Å². The van der Waals surface area contributed by atoms with Gasteiger partial charge in [-0.3, -0.25) is 14.9 Å². The van der Waals surface area contributed by atoms with Crippen LogP contribution in [-0.2, 0) is 4.79 Å². The van der Waals surface area contributed by atoms with Crippen molar-refractivity contribution in [3.63, 3.8) is 0 Å². The van der Waals surface area contributed by atoms with Crippen molar-refractivity contribution >= 4 is 33.2 Å². The first kappa shape index (κ1) is 17.0. The molecule has 120 valence electrons. The lowest BCUT2D eigenvalue weighted by molar-refractivity contribution is -0.384. The molecule has 7 nitrogen and oxygen atoms in total. The van der Waals surface area contributed by atoms with Crippen LogP contribution >= 0.6 is 15.9 Å². The molecule has 1 amide bonds. The quantitative estimate of drug-likeness (QED) is 0.646. The zero-order chi connectivity index (χ0) is 17.2. The van der Waals surface area contributed by atoms with Gasteiger partial charge in [-0.1, -0.05) is 36.7 Å². The second-order valence-corrected chi connectivity index (χ2v) is 6.80. The van der Waals surface area contributed by atoms with E-state index < -0.39 is 10.3 Å². The fourth-order valence-electron chi connectivity index (χ4n) is 1.78. The van der Waals surface area contributed by atoms with Gasteiger partial charge in [-0.25, -0.2) is 9.97 Å². The van der Waals surface area contributed by atoms with Gasteiger partial charge >= 0.3 is 0 Å². The molecule has 0 saturated carbocycles. The number of amides is 1. The summed E-state index contributed by atoms with van der Waals surface area (Å²) in [7, 11) is 0. The molecule has 1 aromatic heterocycles. The van der Waals surface area contributed by atoms with E-state index in [9.17, 15) is 14.9 Å². The third kappa shape index (κ3) is 3.89. The SMILES string of the molecule is CC(C)(C)C(=O)Nc1c(-c2ncccn2)cc(Br)cc1[N+](=O)[O-]. The maximum absolute atomic E-state index is 12.3. The number of aromatic nitrogens is 2. The molecule has 0 aliphatic carbocycles. The fraction of sp³-hybridized carbons (Fsp3) is 0.267. The molecule has 2 rings (SSSR count). The molecule has 0 fully saturated rings. The lowest BCUT2D eigenvalue weighted by atomic mass is 9.95. The molecule has 0 bridgehead atoms. The summed E-state index contributed by atoms with van der Waals surface area (Å²) in [6, 6.07) is 4.62. The van der Waals surface area contributed by atoms with Crippen LogP contribution in [0.3, 0.4) is 0 Å². The second kappa shape index (κ2) is 6.41. The first-order valence-corrected chi connectivity index (χ1v) is 7.56. The van der Waals surface area contributed by atoms with Gasteiger partial charge in [-0.05, 0) is 12.1 Å². The predicted octanol–water partition coefficient (Wildman–Crippen LogP) is 3.80. The number of nitro benzene ring substituents is 1. The van der Waals surface area contributed by atoms with Gasteiger partial charge in [0.05, 0.1) is 10.5 Å². The summed E-state index contributed by atoms with van der Waals surface area (Å²) in [6.45, 7) is 5.18. The van der Waals surface area contributed by atoms with Crippen LogP contribution in [-0.4, -0.2) is 20.8 Å². The fourth-order valence-corrected chi connectivity index (χ4v) is 2.23. The number of carbonyl (C=O) groups is 1. The molecule has 2 aromatic rings. The van der Waals surface area contributed by atoms with Crippen molar-refractivity contribution in [2.75, 3.05) is 5.32 Å². The molecule has 8 heteroatoms. The first-order chi connectivity index (χ1) is 10.7. The number of hydrogen-bond donors (Lipinski definition) is 1.